The molecule has 182 valence electrons. The number of hydrogen-bond acceptors (Lipinski definition) is 8. The van der Waals surface area contributed by atoms with E-state index in [4.69, 9.17) is 15.2 Å². The molecule has 0 spiro atoms. The number of nitro benzene ring substituents is 1. The Morgan fingerprint density at radius 2 is 1.86 bits per heavy atom. The highest BCUT2D eigenvalue weighted by Gasteiger charge is 2.23. The van der Waals surface area contributed by atoms with E-state index in [1.54, 1.807) is 43.3 Å². The SMILES string of the molecule is CCOc1cc(C=Nn2c(-c3ccccc3)nc3ccccc3c2=O)cc([N+](=O)[O-])c1OCC(N)=O. The first-order valence-electron chi connectivity index (χ1n) is 10.9. The molecule has 11 nitrogen and oxygen atoms in total. The van der Waals surface area contributed by atoms with Gasteiger partial charge in [-0.3, -0.25) is 19.7 Å². The number of carbonyl (C=O) groups excluding carboxylic acids is 1. The molecule has 3 aromatic carbocycles. The first-order chi connectivity index (χ1) is 17.4. The molecule has 1 amide bonds. The summed E-state index contributed by atoms with van der Waals surface area (Å²) in [4.78, 5) is 40.1. The van der Waals surface area contributed by atoms with Gasteiger partial charge in [-0.1, -0.05) is 42.5 Å². The number of nitro groups is 1. The molecule has 0 atom stereocenters. The largest absolute Gasteiger partial charge is 0.490 e. The molecule has 0 aliphatic heterocycles. The van der Waals surface area contributed by atoms with Crippen molar-refractivity contribution >= 4 is 28.7 Å². The van der Waals surface area contributed by atoms with Crippen molar-refractivity contribution in [1.82, 2.24) is 9.66 Å². The van der Waals surface area contributed by atoms with Crippen molar-refractivity contribution in [2.24, 2.45) is 10.8 Å². The molecule has 1 heterocycles. The van der Waals surface area contributed by atoms with E-state index in [1.165, 1.54) is 18.3 Å². The van der Waals surface area contributed by atoms with Crippen molar-refractivity contribution in [3.05, 3.63) is 92.8 Å². The first kappa shape index (κ1) is 24.1. The van der Waals surface area contributed by atoms with E-state index in [0.717, 1.165) is 4.68 Å². The van der Waals surface area contributed by atoms with E-state index in [9.17, 15) is 19.7 Å². The molecule has 11 heteroatoms. The zero-order valence-electron chi connectivity index (χ0n) is 19.2. The lowest BCUT2D eigenvalue weighted by molar-refractivity contribution is -0.385. The van der Waals surface area contributed by atoms with Crippen LogP contribution < -0.4 is 20.8 Å². The van der Waals surface area contributed by atoms with Gasteiger partial charge in [-0.2, -0.15) is 9.78 Å². The van der Waals surface area contributed by atoms with Crippen molar-refractivity contribution in [2.75, 3.05) is 13.2 Å². The molecule has 0 fully saturated rings. The fourth-order valence-corrected chi connectivity index (χ4v) is 3.50. The van der Waals surface area contributed by atoms with Gasteiger partial charge in [0.1, 0.15) is 0 Å². The summed E-state index contributed by atoms with van der Waals surface area (Å²) >= 11 is 0. The predicted molar refractivity (Wildman–Crippen MR) is 133 cm³/mol. The minimum absolute atomic E-state index is 0.0293. The number of nitrogens with zero attached hydrogens (tertiary/aromatic N) is 4. The van der Waals surface area contributed by atoms with Crippen LogP contribution in [-0.4, -0.2) is 39.9 Å². The van der Waals surface area contributed by atoms with E-state index in [0.29, 0.717) is 22.3 Å². The summed E-state index contributed by atoms with van der Waals surface area (Å²) in [6, 6.07) is 18.6. The van der Waals surface area contributed by atoms with Crippen molar-refractivity contribution in [3.63, 3.8) is 0 Å². The fourth-order valence-electron chi connectivity index (χ4n) is 3.50. The lowest BCUT2D eigenvalue weighted by Gasteiger charge is -2.12. The van der Waals surface area contributed by atoms with E-state index in [2.05, 4.69) is 10.1 Å². The van der Waals surface area contributed by atoms with Crippen molar-refractivity contribution in [1.29, 1.82) is 0 Å². The Morgan fingerprint density at radius 3 is 2.56 bits per heavy atom. The Balaban J connectivity index is 1.87. The number of hydrogen-bond donors (Lipinski definition) is 1. The van der Waals surface area contributed by atoms with Gasteiger partial charge in [0, 0.05) is 17.2 Å². The van der Waals surface area contributed by atoms with Gasteiger partial charge >= 0.3 is 5.69 Å². The van der Waals surface area contributed by atoms with Crippen LogP contribution in [0.2, 0.25) is 0 Å². The summed E-state index contributed by atoms with van der Waals surface area (Å²) < 4.78 is 11.9. The van der Waals surface area contributed by atoms with Crippen LogP contribution in [0.5, 0.6) is 11.5 Å². The molecule has 0 bridgehead atoms. The van der Waals surface area contributed by atoms with E-state index >= 15 is 0 Å². The smallest absolute Gasteiger partial charge is 0.315 e. The van der Waals surface area contributed by atoms with Gasteiger partial charge in [-0.15, -0.1) is 0 Å². The number of nitrogens with two attached hydrogens (primary N) is 1. The third kappa shape index (κ3) is 5.04. The Labute approximate surface area is 204 Å². The summed E-state index contributed by atoms with van der Waals surface area (Å²) in [5.74, 6) is -0.695. The summed E-state index contributed by atoms with van der Waals surface area (Å²) in [6.07, 6.45) is 1.29. The van der Waals surface area contributed by atoms with Gasteiger partial charge in [-0.25, -0.2) is 4.98 Å². The maximum Gasteiger partial charge on any atom is 0.315 e. The first-order valence-corrected chi connectivity index (χ1v) is 10.9. The van der Waals surface area contributed by atoms with Crippen LogP contribution in [0.15, 0.2) is 76.6 Å². The number of amides is 1. The van der Waals surface area contributed by atoms with Crippen molar-refractivity contribution in [3.8, 4) is 22.9 Å². The number of rotatable bonds is 9. The zero-order chi connectivity index (χ0) is 25.7. The Morgan fingerprint density at radius 1 is 1.14 bits per heavy atom. The molecule has 4 rings (SSSR count). The van der Waals surface area contributed by atoms with Crippen LogP contribution in [0.3, 0.4) is 0 Å². The number of fused-ring (bicyclic) bond motifs is 1. The quantitative estimate of drug-likeness (QED) is 0.216. The zero-order valence-corrected chi connectivity index (χ0v) is 19.2. The lowest BCUT2D eigenvalue weighted by atomic mass is 10.1. The Hall–Kier alpha value is -5.06. The van der Waals surface area contributed by atoms with Crippen molar-refractivity contribution in [2.45, 2.75) is 6.92 Å². The second-order valence-electron chi connectivity index (χ2n) is 7.49. The molecule has 0 unspecified atom stereocenters. The average Bonchev–Trinajstić information content (AvgIpc) is 2.87. The van der Waals surface area contributed by atoms with Gasteiger partial charge in [0.25, 0.3) is 11.5 Å². The second-order valence-corrected chi connectivity index (χ2v) is 7.49. The number of primary amides is 1. The normalized spacial score (nSPS) is 11.0. The molecule has 0 aliphatic rings. The van der Waals surface area contributed by atoms with Gasteiger partial charge in [-0.05, 0) is 25.1 Å². The highest BCUT2D eigenvalue weighted by Crippen LogP contribution is 2.38. The number of ether oxygens (including phenoxy) is 2. The monoisotopic (exact) mass is 487 g/mol. The minimum atomic E-state index is -0.797. The topological polar surface area (TPSA) is 152 Å². The maximum atomic E-state index is 13.3. The third-order valence-electron chi connectivity index (χ3n) is 5.02. The van der Waals surface area contributed by atoms with Crippen LogP contribution in [0, 0.1) is 10.1 Å². The lowest BCUT2D eigenvalue weighted by Crippen LogP contribution is -2.21. The van der Waals surface area contributed by atoms with Crippen LogP contribution in [0.4, 0.5) is 5.69 Å². The van der Waals surface area contributed by atoms with Gasteiger partial charge in [0.15, 0.2) is 18.2 Å². The highest BCUT2D eigenvalue weighted by atomic mass is 16.6. The summed E-state index contributed by atoms with van der Waals surface area (Å²) in [6.45, 7) is 1.31. The average molecular weight is 487 g/mol. The summed E-state index contributed by atoms with van der Waals surface area (Å²) in [5, 5.41) is 16.4. The Kier molecular flexibility index (Phi) is 7.00. The van der Waals surface area contributed by atoms with Crippen molar-refractivity contribution < 1.29 is 19.2 Å². The van der Waals surface area contributed by atoms with Gasteiger partial charge < -0.3 is 15.2 Å². The van der Waals surface area contributed by atoms with Gasteiger partial charge in [0.05, 0.1) is 28.6 Å². The summed E-state index contributed by atoms with van der Waals surface area (Å²) in [5.41, 5.74) is 5.69. The van der Waals surface area contributed by atoms with Crippen LogP contribution in [0.25, 0.3) is 22.3 Å². The fraction of sp³-hybridized carbons (Fsp3) is 0.120. The van der Waals surface area contributed by atoms with Crippen LogP contribution in [0.1, 0.15) is 12.5 Å². The molecular formula is C25H21N5O6. The predicted octanol–water partition coefficient (Wildman–Crippen LogP) is 3.12. The molecule has 36 heavy (non-hydrogen) atoms. The molecule has 2 N–H and O–H groups in total. The maximum absolute atomic E-state index is 13.3. The molecule has 1 aromatic heterocycles. The highest BCUT2D eigenvalue weighted by molar-refractivity contribution is 5.84. The molecular weight excluding hydrogens is 466 g/mol. The minimum Gasteiger partial charge on any atom is -0.490 e. The Bertz CT molecular complexity index is 1530. The summed E-state index contributed by atoms with van der Waals surface area (Å²) in [7, 11) is 0. The van der Waals surface area contributed by atoms with Crippen LogP contribution >= 0.6 is 0 Å². The molecule has 0 aliphatic carbocycles. The third-order valence-corrected chi connectivity index (χ3v) is 5.02. The van der Waals surface area contributed by atoms with Gasteiger partial charge in [0.2, 0.25) is 5.75 Å². The molecule has 4 aromatic rings. The van der Waals surface area contributed by atoms with Crippen LogP contribution in [-0.2, 0) is 4.79 Å². The number of carbonyl (C=O) groups is 1. The van der Waals surface area contributed by atoms with E-state index in [-0.39, 0.29) is 23.7 Å². The molecule has 0 radical (unpaired) electrons. The number of aromatic nitrogens is 2. The number of benzene rings is 3. The standard InChI is InChI=1S/C25H21N5O6/c1-2-35-21-13-16(12-20(30(33)34)23(21)36-15-22(26)31)14-27-29-24(17-8-4-3-5-9-17)28-19-11-7-6-10-18(19)25(29)32/h3-14H,2,15H2,1H3,(H2,26,31). The van der Waals surface area contributed by atoms with E-state index in [1.807, 2.05) is 18.2 Å². The number of para-hydroxylation sites is 1. The second kappa shape index (κ2) is 10.5. The molecule has 0 saturated carbocycles. The van der Waals surface area contributed by atoms with E-state index < -0.39 is 28.7 Å². The molecule has 0 saturated heterocycles.